The maximum absolute atomic E-state index is 6.40. The van der Waals surface area contributed by atoms with Gasteiger partial charge < -0.3 is 8.83 Å². The van der Waals surface area contributed by atoms with E-state index in [1.165, 1.54) is 108 Å². The van der Waals surface area contributed by atoms with Gasteiger partial charge in [0, 0.05) is 91.8 Å². The molecule has 0 radical (unpaired) electrons. The molecule has 29 aromatic rings. The molecular weight excluding hydrogens is 1760 g/mol. The van der Waals surface area contributed by atoms with Crippen LogP contribution in [0.4, 0.5) is 0 Å². The van der Waals surface area contributed by atoms with Crippen LogP contribution in [-0.2, 0) is 0 Å². The van der Waals surface area contributed by atoms with Crippen molar-refractivity contribution in [3.63, 3.8) is 0 Å². The summed E-state index contributed by atoms with van der Waals surface area (Å²) in [7, 11) is 0. The zero-order valence-electron chi connectivity index (χ0n) is 76.7. The number of rotatable bonds is 11. The first-order valence-corrected chi connectivity index (χ1v) is 48.8. The number of thiophene rings is 1. The van der Waals surface area contributed by atoms with E-state index in [1.807, 2.05) is 114 Å². The molecule has 0 saturated heterocycles. The second-order valence-electron chi connectivity index (χ2n) is 36.4. The Labute approximate surface area is 823 Å². The SMILES string of the molecule is c1ccc(-c2ccc3cc(-c4nc(-c5ccccc5)nc(-c5cccc(-c6c7ccccc7cc7sc8ccccc8c67)c5)n4)ccc3c2)cc1.c1ccc(-c2nc(-c3ccc4c(ccc5c6ccccc6ccc45)c3)nc(-c3c4ccccc4cc4oc5ccccc5c34)n2)cc1.c1ccc(-c2nc(-c3ccc4c5c(cccc35)-c3ccccc3-4)nc(-c3c4ccccc4cc4oc5ccccc5c34)n2)cc1. The van der Waals surface area contributed by atoms with E-state index in [0.717, 1.165) is 137 Å². The second-order valence-corrected chi connectivity index (χ2v) is 37.5. The lowest BCUT2D eigenvalue weighted by atomic mass is 9.92. The molecule has 6 heterocycles. The number of para-hydroxylation sites is 2. The summed E-state index contributed by atoms with van der Waals surface area (Å²) >= 11 is 1.85. The summed E-state index contributed by atoms with van der Waals surface area (Å²) in [6, 6.07) is 163. The normalized spacial score (nSPS) is 11.8. The first-order valence-electron chi connectivity index (χ1n) is 48.0. The number of fused-ring (bicyclic) bond motifs is 21. The Morgan fingerprint density at radius 2 is 0.483 bits per heavy atom. The number of furan rings is 2. The fourth-order valence-corrected chi connectivity index (χ4v) is 22.6. The third kappa shape index (κ3) is 14.3. The Hall–Kier alpha value is -19.0. The number of hydrogen-bond donors (Lipinski definition) is 0. The van der Waals surface area contributed by atoms with Gasteiger partial charge in [0.15, 0.2) is 52.4 Å². The van der Waals surface area contributed by atoms with Crippen LogP contribution in [0.15, 0.2) is 476 Å². The van der Waals surface area contributed by atoms with Gasteiger partial charge in [-0.25, -0.2) is 44.9 Å². The lowest BCUT2D eigenvalue weighted by Crippen LogP contribution is -2.01. The minimum absolute atomic E-state index is 0.618. The van der Waals surface area contributed by atoms with Gasteiger partial charge in [0.05, 0.1) is 0 Å². The monoisotopic (exact) mass is 1840 g/mol. The largest absolute Gasteiger partial charge is 0.456 e. The van der Waals surface area contributed by atoms with Crippen molar-refractivity contribution < 1.29 is 8.83 Å². The second kappa shape index (κ2) is 34.0. The van der Waals surface area contributed by atoms with Crippen LogP contribution in [0.25, 0.3) is 297 Å². The van der Waals surface area contributed by atoms with Gasteiger partial charge in [-0.3, -0.25) is 0 Å². The van der Waals surface area contributed by atoms with Crippen LogP contribution in [0.3, 0.4) is 0 Å². The Kier molecular flexibility index (Phi) is 19.6. The van der Waals surface area contributed by atoms with Gasteiger partial charge in [0.1, 0.15) is 22.3 Å². The van der Waals surface area contributed by atoms with Crippen LogP contribution < -0.4 is 0 Å². The summed E-state index contributed by atoms with van der Waals surface area (Å²) in [4.78, 5) is 46.4. The van der Waals surface area contributed by atoms with E-state index in [1.54, 1.807) is 0 Å². The smallest absolute Gasteiger partial charge is 0.165 e. The summed E-state index contributed by atoms with van der Waals surface area (Å²) in [5, 5.41) is 25.5. The Morgan fingerprint density at radius 1 is 0.140 bits per heavy atom. The van der Waals surface area contributed by atoms with E-state index in [2.05, 4.69) is 364 Å². The highest BCUT2D eigenvalue weighted by Gasteiger charge is 2.29. The summed E-state index contributed by atoms with van der Waals surface area (Å²) in [6.45, 7) is 0. The van der Waals surface area contributed by atoms with Gasteiger partial charge in [-0.05, 0) is 197 Å². The average molecular weight is 1840 g/mol. The first-order chi connectivity index (χ1) is 70.8. The standard InChI is InChI=1S/C47H29N3S.C43H25N3O.C41H23N3O/c1-3-12-30(13-4-1)32-22-23-34-27-38(25-24-33(34)26-32)47-49-45(31-14-5-2-6-15-31)48-46(50-47)37-18-11-17-36(28-37)43-39-19-8-7-16-35(39)29-42-44(43)40-20-9-10-21-41(40)51-42;1-2-11-27(12-3-1)41-44-42(30-20-21-32-29(24-30)19-23-34-31-14-6-4-10-26(31)18-22-35(32)34)46-43(45-41)40-33-15-7-5-13-28(33)25-38-39(40)36-16-8-9-17-37(36)47-38;1-2-11-24(12-3-1)39-42-40(32-22-21-31-28-16-7-6-15-27(28)29-18-10-19-30(32)36(29)31)44-41(43-39)38-26-14-5-4-13-25(26)23-35-37(38)33-17-8-9-20-34(33)45-35/h1-29H;1-25H;1-23H. The lowest BCUT2D eigenvalue weighted by Gasteiger charge is -2.13. The molecular formula is C131H77N9O2S. The molecule has 0 unspecified atom stereocenters. The molecule has 0 fully saturated rings. The predicted molar refractivity (Wildman–Crippen MR) is 591 cm³/mol. The molecule has 0 bridgehead atoms. The van der Waals surface area contributed by atoms with Crippen LogP contribution in [0.2, 0.25) is 0 Å². The molecule has 0 N–H and O–H groups in total. The minimum Gasteiger partial charge on any atom is -0.456 e. The van der Waals surface area contributed by atoms with Crippen LogP contribution in [0.5, 0.6) is 0 Å². The highest BCUT2D eigenvalue weighted by atomic mass is 32.1. The molecule has 23 aromatic carbocycles. The van der Waals surface area contributed by atoms with E-state index >= 15 is 0 Å². The van der Waals surface area contributed by atoms with Gasteiger partial charge in [0.25, 0.3) is 0 Å². The van der Waals surface area contributed by atoms with Gasteiger partial charge in [0.2, 0.25) is 0 Å². The zero-order valence-corrected chi connectivity index (χ0v) is 77.5. The van der Waals surface area contributed by atoms with E-state index in [0.29, 0.717) is 52.4 Å². The van der Waals surface area contributed by atoms with Crippen molar-refractivity contribution in [1.29, 1.82) is 0 Å². The van der Waals surface area contributed by atoms with Crippen molar-refractivity contribution in [2.75, 3.05) is 0 Å². The van der Waals surface area contributed by atoms with Gasteiger partial charge in [-0.15, -0.1) is 11.3 Å². The van der Waals surface area contributed by atoms with Crippen molar-refractivity contribution in [2.45, 2.75) is 0 Å². The molecule has 1 aliphatic carbocycles. The van der Waals surface area contributed by atoms with E-state index in [9.17, 15) is 0 Å². The van der Waals surface area contributed by atoms with Crippen molar-refractivity contribution in [3.8, 4) is 147 Å². The Bertz CT molecular complexity index is 10200. The molecule has 0 atom stereocenters. The third-order valence-corrected chi connectivity index (χ3v) is 29.1. The zero-order chi connectivity index (χ0) is 94.1. The summed E-state index contributed by atoms with van der Waals surface area (Å²) in [6.07, 6.45) is 0. The third-order valence-electron chi connectivity index (χ3n) is 28.0. The van der Waals surface area contributed by atoms with E-state index < -0.39 is 0 Å². The summed E-state index contributed by atoms with van der Waals surface area (Å²) in [5.41, 5.74) is 21.7. The van der Waals surface area contributed by atoms with Crippen LogP contribution >= 0.6 is 11.3 Å². The fourth-order valence-electron chi connectivity index (χ4n) is 21.4. The molecule has 1 aliphatic rings. The predicted octanol–water partition coefficient (Wildman–Crippen LogP) is 35.0. The fraction of sp³-hybridized carbons (Fsp3) is 0. The van der Waals surface area contributed by atoms with Gasteiger partial charge in [-0.2, -0.15) is 0 Å². The molecule has 12 heteroatoms. The molecule has 143 heavy (non-hydrogen) atoms. The Morgan fingerprint density at radius 3 is 1.06 bits per heavy atom. The Balaban J connectivity index is 0.000000105. The van der Waals surface area contributed by atoms with Crippen LogP contribution in [0, 0.1) is 0 Å². The van der Waals surface area contributed by atoms with E-state index in [4.69, 9.17) is 53.7 Å². The maximum Gasteiger partial charge on any atom is 0.165 e. The molecule has 0 spiro atoms. The number of nitrogens with zero attached hydrogens (tertiary/aromatic N) is 9. The number of aromatic nitrogens is 9. The van der Waals surface area contributed by atoms with Gasteiger partial charge >= 0.3 is 0 Å². The van der Waals surface area contributed by atoms with Crippen LogP contribution in [0.1, 0.15) is 0 Å². The molecule has 0 saturated carbocycles. The maximum atomic E-state index is 6.40. The van der Waals surface area contributed by atoms with Crippen molar-refractivity contribution in [2.24, 2.45) is 0 Å². The molecule has 0 aliphatic heterocycles. The van der Waals surface area contributed by atoms with Crippen LogP contribution in [-0.4, -0.2) is 44.9 Å². The molecule has 6 aromatic heterocycles. The topological polar surface area (TPSA) is 142 Å². The highest BCUT2D eigenvalue weighted by Crippen LogP contribution is 2.52. The number of benzene rings is 23. The summed E-state index contributed by atoms with van der Waals surface area (Å²) < 4.78 is 15.4. The van der Waals surface area contributed by atoms with Gasteiger partial charge in [-0.1, -0.05) is 400 Å². The van der Waals surface area contributed by atoms with Crippen molar-refractivity contribution in [3.05, 3.63) is 467 Å². The van der Waals surface area contributed by atoms with Crippen molar-refractivity contribution >= 4 is 162 Å². The average Bonchev–Trinajstić information content (AvgIpc) is 1.60. The molecule has 0 amide bonds. The molecule has 11 nitrogen and oxygen atoms in total. The highest BCUT2D eigenvalue weighted by molar-refractivity contribution is 7.26. The molecule has 664 valence electrons. The lowest BCUT2D eigenvalue weighted by molar-refractivity contribution is 0.669. The minimum atomic E-state index is 0.618. The molecule has 30 rings (SSSR count). The quantitative estimate of drug-likeness (QED) is 0.114. The van der Waals surface area contributed by atoms with Crippen molar-refractivity contribution in [1.82, 2.24) is 44.9 Å². The van der Waals surface area contributed by atoms with E-state index in [-0.39, 0.29) is 0 Å². The number of hydrogen-bond acceptors (Lipinski definition) is 12. The first kappa shape index (κ1) is 82.3. The summed E-state index contributed by atoms with van der Waals surface area (Å²) in [5.74, 6) is 5.72.